The fraction of sp³-hybridized carbons (Fsp3) is 0.500. The van der Waals surface area contributed by atoms with Crippen LogP contribution in [0, 0.1) is 0 Å². The van der Waals surface area contributed by atoms with Crippen molar-refractivity contribution in [1.82, 2.24) is 0 Å². The van der Waals surface area contributed by atoms with E-state index >= 15 is 0 Å². The molecule has 2 aromatic rings. The molecule has 0 aliphatic rings. The number of ether oxygens (including phenoxy) is 1. The molecular formula is C26H36O4. The van der Waals surface area contributed by atoms with E-state index in [1.807, 2.05) is 84.9 Å². The third kappa shape index (κ3) is 4.63. The molecule has 30 heavy (non-hydrogen) atoms. The van der Waals surface area contributed by atoms with E-state index in [-0.39, 0.29) is 41.3 Å². The number of rotatable bonds is 5. The van der Waals surface area contributed by atoms with E-state index < -0.39 is 5.41 Å². The van der Waals surface area contributed by atoms with Gasteiger partial charge in [0.05, 0.1) is 13.0 Å². The molecule has 4 heteroatoms. The van der Waals surface area contributed by atoms with Crippen LogP contribution >= 0.6 is 0 Å². The van der Waals surface area contributed by atoms with Crippen molar-refractivity contribution in [3.63, 3.8) is 0 Å². The highest BCUT2D eigenvalue weighted by Crippen LogP contribution is 2.48. The van der Waals surface area contributed by atoms with E-state index in [2.05, 4.69) is 0 Å². The molecule has 2 rings (SSSR count). The molecule has 0 amide bonds. The van der Waals surface area contributed by atoms with Crippen LogP contribution in [0.25, 0.3) is 0 Å². The Morgan fingerprint density at radius 3 is 1.47 bits per heavy atom. The van der Waals surface area contributed by atoms with Crippen LogP contribution in [0.15, 0.2) is 36.4 Å². The van der Waals surface area contributed by atoms with E-state index in [1.165, 1.54) is 0 Å². The molecule has 0 spiro atoms. The summed E-state index contributed by atoms with van der Waals surface area (Å²) in [5.74, 6) is -0.0733. The number of esters is 1. The number of phenols is 2. The molecule has 2 N–H and O–H groups in total. The molecule has 0 aliphatic carbocycles. The third-order valence-corrected chi connectivity index (χ3v) is 5.68. The molecule has 0 radical (unpaired) electrons. The number of para-hydroxylation sites is 2. The van der Waals surface area contributed by atoms with Crippen molar-refractivity contribution in [3.05, 3.63) is 58.7 Å². The third-order valence-electron chi connectivity index (χ3n) is 5.68. The highest BCUT2D eigenvalue weighted by atomic mass is 16.5. The first-order valence-electron chi connectivity index (χ1n) is 10.5. The monoisotopic (exact) mass is 412 g/mol. The first kappa shape index (κ1) is 23.8. The number of carbonyl (C=O) groups is 1. The minimum atomic E-state index is -0.969. The number of hydrogen-bond acceptors (Lipinski definition) is 4. The second-order valence-corrected chi connectivity index (χ2v) is 10.2. The topological polar surface area (TPSA) is 66.8 Å². The summed E-state index contributed by atoms with van der Waals surface area (Å²) in [7, 11) is 0. The molecule has 0 atom stereocenters. The quantitative estimate of drug-likeness (QED) is 0.595. The molecule has 0 aromatic heterocycles. The smallest absolute Gasteiger partial charge is 0.307 e. The summed E-state index contributed by atoms with van der Waals surface area (Å²) >= 11 is 0. The van der Waals surface area contributed by atoms with Gasteiger partial charge in [0.25, 0.3) is 0 Å². The van der Waals surface area contributed by atoms with E-state index in [0.717, 1.165) is 11.1 Å². The van der Waals surface area contributed by atoms with Gasteiger partial charge in [-0.05, 0) is 28.9 Å². The van der Waals surface area contributed by atoms with Crippen LogP contribution in [0.3, 0.4) is 0 Å². The summed E-state index contributed by atoms with van der Waals surface area (Å²) in [6.07, 6.45) is 0.00313. The predicted octanol–water partition coefficient (Wildman–Crippen LogP) is 5.95. The van der Waals surface area contributed by atoms with Gasteiger partial charge < -0.3 is 14.9 Å². The number of phenolic OH excluding ortho intramolecular Hbond substituents is 2. The van der Waals surface area contributed by atoms with Gasteiger partial charge in [0.2, 0.25) is 0 Å². The van der Waals surface area contributed by atoms with Crippen molar-refractivity contribution in [3.8, 4) is 11.5 Å². The minimum Gasteiger partial charge on any atom is -0.507 e. The minimum absolute atomic E-state index is 0.00313. The summed E-state index contributed by atoms with van der Waals surface area (Å²) in [5, 5.41) is 22.5. The lowest BCUT2D eigenvalue weighted by Crippen LogP contribution is -2.30. The van der Waals surface area contributed by atoms with Gasteiger partial charge in [-0.15, -0.1) is 0 Å². The first-order chi connectivity index (χ1) is 13.7. The lowest BCUT2D eigenvalue weighted by Gasteiger charge is -2.34. The maximum atomic E-state index is 12.6. The highest BCUT2D eigenvalue weighted by Gasteiger charge is 2.39. The van der Waals surface area contributed by atoms with Crippen molar-refractivity contribution >= 4 is 5.97 Å². The van der Waals surface area contributed by atoms with Gasteiger partial charge in [-0.1, -0.05) is 84.9 Å². The van der Waals surface area contributed by atoms with Gasteiger partial charge in [0.1, 0.15) is 11.5 Å². The molecule has 0 heterocycles. The highest BCUT2D eigenvalue weighted by molar-refractivity contribution is 5.74. The molecule has 0 fully saturated rings. The van der Waals surface area contributed by atoms with Gasteiger partial charge in [0.15, 0.2) is 0 Å². The Morgan fingerprint density at radius 2 is 1.13 bits per heavy atom. The fourth-order valence-electron chi connectivity index (χ4n) is 4.02. The van der Waals surface area contributed by atoms with Crippen LogP contribution in [0.2, 0.25) is 0 Å². The van der Waals surface area contributed by atoms with Crippen LogP contribution in [-0.4, -0.2) is 22.8 Å². The van der Waals surface area contributed by atoms with Crippen LogP contribution in [-0.2, 0) is 25.8 Å². The van der Waals surface area contributed by atoms with Gasteiger partial charge in [-0.2, -0.15) is 0 Å². The maximum absolute atomic E-state index is 12.6. The summed E-state index contributed by atoms with van der Waals surface area (Å²) in [6.45, 7) is 16.1. The molecule has 164 valence electrons. The Morgan fingerprint density at radius 1 is 0.767 bits per heavy atom. The van der Waals surface area contributed by atoms with Crippen molar-refractivity contribution in [1.29, 1.82) is 0 Å². The molecule has 2 aromatic carbocycles. The average molecular weight is 413 g/mol. The van der Waals surface area contributed by atoms with Gasteiger partial charge >= 0.3 is 5.97 Å². The predicted molar refractivity (Wildman–Crippen MR) is 121 cm³/mol. The van der Waals surface area contributed by atoms with Crippen LogP contribution in [0.1, 0.15) is 84.1 Å². The second kappa shape index (κ2) is 8.33. The first-order valence-corrected chi connectivity index (χ1v) is 10.5. The van der Waals surface area contributed by atoms with E-state index in [0.29, 0.717) is 11.1 Å². The maximum Gasteiger partial charge on any atom is 0.307 e. The van der Waals surface area contributed by atoms with Gasteiger partial charge in [-0.3, -0.25) is 4.79 Å². The lowest BCUT2D eigenvalue weighted by atomic mass is 9.69. The summed E-state index contributed by atoms with van der Waals surface area (Å²) in [5.41, 5.74) is 1.26. The Kier molecular flexibility index (Phi) is 6.60. The van der Waals surface area contributed by atoms with Crippen molar-refractivity contribution < 1.29 is 19.7 Å². The Labute approximate surface area is 180 Å². The van der Waals surface area contributed by atoms with Crippen LogP contribution in [0.5, 0.6) is 11.5 Å². The molecule has 0 bridgehead atoms. The summed E-state index contributed by atoms with van der Waals surface area (Å²) < 4.78 is 5.25. The van der Waals surface area contributed by atoms with Crippen LogP contribution in [0.4, 0.5) is 0 Å². The Bertz CT molecular complexity index is 850. The summed E-state index contributed by atoms with van der Waals surface area (Å²) in [4.78, 5) is 12.6. The Balaban J connectivity index is 2.82. The van der Waals surface area contributed by atoms with E-state index in [9.17, 15) is 15.0 Å². The SMILES string of the molecule is CCOC(=O)CC(C)(c1cccc(C(C)(C)C)c1O)c1cccc(C(C)(C)C)c1O. The molecule has 0 unspecified atom stereocenters. The van der Waals surface area contributed by atoms with Crippen molar-refractivity contribution in [2.45, 2.75) is 78.1 Å². The molecular weight excluding hydrogens is 376 g/mol. The lowest BCUT2D eigenvalue weighted by molar-refractivity contribution is -0.144. The van der Waals surface area contributed by atoms with Crippen LogP contribution < -0.4 is 0 Å². The van der Waals surface area contributed by atoms with Gasteiger partial charge in [0, 0.05) is 16.5 Å². The zero-order valence-corrected chi connectivity index (χ0v) is 19.6. The number of benzene rings is 2. The largest absolute Gasteiger partial charge is 0.507 e. The fourth-order valence-corrected chi connectivity index (χ4v) is 4.02. The number of carbonyl (C=O) groups excluding carboxylic acids is 1. The van der Waals surface area contributed by atoms with Crippen molar-refractivity contribution in [2.24, 2.45) is 0 Å². The normalized spacial score (nSPS) is 12.7. The second-order valence-electron chi connectivity index (χ2n) is 10.2. The molecule has 0 aliphatic heterocycles. The zero-order chi connectivity index (χ0) is 22.9. The standard InChI is InChI=1S/C26H36O4/c1-9-30-21(27)16-26(8,19-14-10-12-17(22(19)28)24(2,3)4)20-15-11-13-18(23(20)29)25(5,6)7/h10-15,28-29H,9,16H2,1-8H3. The number of hydrogen-bond donors (Lipinski definition) is 2. The number of aromatic hydroxyl groups is 2. The Hall–Kier alpha value is -2.49. The van der Waals surface area contributed by atoms with E-state index in [1.54, 1.807) is 6.92 Å². The molecule has 4 nitrogen and oxygen atoms in total. The zero-order valence-electron chi connectivity index (χ0n) is 19.6. The summed E-state index contributed by atoms with van der Waals surface area (Å²) in [6, 6.07) is 11.2. The molecule has 0 saturated carbocycles. The van der Waals surface area contributed by atoms with Crippen molar-refractivity contribution in [2.75, 3.05) is 6.61 Å². The molecule has 0 saturated heterocycles. The average Bonchev–Trinajstić information content (AvgIpc) is 2.59. The van der Waals surface area contributed by atoms with E-state index in [4.69, 9.17) is 4.74 Å². The van der Waals surface area contributed by atoms with Gasteiger partial charge in [-0.25, -0.2) is 0 Å².